The van der Waals surface area contributed by atoms with Gasteiger partial charge in [0.15, 0.2) is 0 Å². The second-order valence-electron chi connectivity index (χ2n) is 7.53. The van der Waals surface area contributed by atoms with E-state index in [1.54, 1.807) is 0 Å². The first-order chi connectivity index (χ1) is 15.2. The molecule has 0 radical (unpaired) electrons. The van der Waals surface area contributed by atoms with Crippen LogP contribution in [0.3, 0.4) is 0 Å². The number of pyridine rings is 1. The smallest absolute Gasteiger partial charge is 0.255 e. The third kappa shape index (κ3) is 3.83. The van der Waals surface area contributed by atoms with Crippen molar-refractivity contribution in [2.45, 2.75) is 6.92 Å². The third-order valence-electron chi connectivity index (χ3n) is 5.35. The molecule has 4 nitrogen and oxygen atoms in total. The largest absolute Gasteiger partial charge is 0.322 e. The molecule has 0 aliphatic heterocycles. The number of carbonyl (C=O) groups excluding carboxylic acids is 1. The van der Waals surface area contributed by atoms with Gasteiger partial charge in [0, 0.05) is 29.2 Å². The van der Waals surface area contributed by atoms with Gasteiger partial charge in [0.1, 0.15) is 5.65 Å². The van der Waals surface area contributed by atoms with Crippen LogP contribution in [0.25, 0.3) is 28.0 Å². The average Bonchev–Trinajstić information content (AvgIpc) is 3.26. The molecule has 2 aromatic heterocycles. The lowest BCUT2D eigenvalue weighted by molar-refractivity contribution is 0.102. The number of hydrogen-bond acceptors (Lipinski definition) is 2. The summed E-state index contributed by atoms with van der Waals surface area (Å²) in [5.74, 6) is -0.136. The molecule has 150 valence electrons. The first kappa shape index (κ1) is 18.8. The van der Waals surface area contributed by atoms with Crippen LogP contribution < -0.4 is 5.32 Å². The molecule has 5 aromatic rings. The molecule has 0 unspecified atom stereocenters. The van der Waals surface area contributed by atoms with Crippen LogP contribution in [0.2, 0.25) is 0 Å². The molecule has 0 aliphatic rings. The summed E-state index contributed by atoms with van der Waals surface area (Å²) in [4.78, 5) is 17.5. The topological polar surface area (TPSA) is 46.4 Å². The van der Waals surface area contributed by atoms with Gasteiger partial charge in [-0.25, -0.2) is 4.98 Å². The van der Waals surface area contributed by atoms with Gasteiger partial charge in [0.25, 0.3) is 5.91 Å². The van der Waals surface area contributed by atoms with Crippen LogP contribution >= 0.6 is 0 Å². The first-order valence-corrected chi connectivity index (χ1v) is 10.2. The van der Waals surface area contributed by atoms with Crippen LogP contribution in [0.15, 0.2) is 103 Å². The summed E-state index contributed by atoms with van der Waals surface area (Å²) in [6.07, 6.45) is 4.00. The van der Waals surface area contributed by atoms with E-state index >= 15 is 0 Å². The quantitative estimate of drug-likeness (QED) is 0.387. The summed E-state index contributed by atoms with van der Waals surface area (Å²) in [7, 11) is 0. The summed E-state index contributed by atoms with van der Waals surface area (Å²) >= 11 is 0. The highest BCUT2D eigenvalue weighted by Gasteiger charge is 2.10. The maximum absolute atomic E-state index is 12.8. The number of hydrogen-bond donors (Lipinski definition) is 1. The van der Waals surface area contributed by atoms with Gasteiger partial charge < -0.3 is 9.72 Å². The summed E-state index contributed by atoms with van der Waals surface area (Å²) in [5.41, 5.74) is 7.46. The normalized spacial score (nSPS) is 10.9. The number of anilines is 1. The number of amides is 1. The summed E-state index contributed by atoms with van der Waals surface area (Å²) in [6.45, 7) is 2.05. The zero-order valence-electron chi connectivity index (χ0n) is 17.1. The van der Waals surface area contributed by atoms with E-state index in [1.165, 1.54) is 0 Å². The number of aryl methyl sites for hydroxylation is 1. The number of fused-ring (bicyclic) bond motifs is 1. The number of nitrogens with zero attached hydrogens (tertiary/aromatic N) is 2. The fourth-order valence-corrected chi connectivity index (χ4v) is 3.70. The minimum atomic E-state index is -0.136. The van der Waals surface area contributed by atoms with Crippen LogP contribution in [0.1, 0.15) is 15.9 Å². The predicted molar refractivity (Wildman–Crippen MR) is 125 cm³/mol. The first-order valence-electron chi connectivity index (χ1n) is 10.2. The van der Waals surface area contributed by atoms with Crippen molar-refractivity contribution in [2.24, 2.45) is 0 Å². The molecule has 0 bridgehead atoms. The maximum atomic E-state index is 12.8. The number of benzene rings is 3. The molecule has 3 aromatic carbocycles. The monoisotopic (exact) mass is 403 g/mol. The molecule has 0 saturated carbocycles. The van der Waals surface area contributed by atoms with Gasteiger partial charge in [0.2, 0.25) is 0 Å². The summed E-state index contributed by atoms with van der Waals surface area (Å²) < 4.78 is 2.02. The Hall–Kier alpha value is -4.18. The number of rotatable bonds is 4. The number of nitrogens with one attached hydrogen (secondary N) is 1. The van der Waals surface area contributed by atoms with Crippen molar-refractivity contribution in [3.05, 3.63) is 115 Å². The number of aromatic nitrogens is 2. The SMILES string of the molecule is Cc1cccn2cc(-c3cccc(NC(=O)c4ccc(-c5ccccc5)cc4)c3)nc12. The van der Waals surface area contributed by atoms with E-state index in [0.717, 1.165) is 39.3 Å². The van der Waals surface area contributed by atoms with Crippen LogP contribution in [-0.2, 0) is 0 Å². The molecule has 1 amide bonds. The van der Waals surface area contributed by atoms with Crippen molar-refractivity contribution in [3.8, 4) is 22.4 Å². The molecule has 0 spiro atoms. The van der Waals surface area contributed by atoms with Gasteiger partial charge >= 0.3 is 0 Å². The van der Waals surface area contributed by atoms with Crippen molar-refractivity contribution in [2.75, 3.05) is 5.32 Å². The Kier molecular flexibility index (Phi) is 4.81. The van der Waals surface area contributed by atoms with Crippen LogP contribution in [-0.4, -0.2) is 15.3 Å². The van der Waals surface area contributed by atoms with E-state index < -0.39 is 0 Å². The van der Waals surface area contributed by atoms with Gasteiger partial charge in [-0.15, -0.1) is 0 Å². The second kappa shape index (κ2) is 7.92. The number of carbonyl (C=O) groups is 1. The molecule has 4 heteroatoms. The fraction of sp³-hybridized carbons (Fsp3) is 0.0370. The molecular weight excluding hydrogens is 382 g/mol. The van der Waals surface area contributed by atoms with Crippen molar-refractivity contribution >= 4 is 17.2 Å². The van der Waals surface area contributed by atoms with E-state index in [2.05, 4.69) is 17.4 Å². The van der Waals surface area contributed by atoms with Gasteiger partial charge in [-0.1, -0.05) is 60.7 Å². The van der Waals surface area contributed by atoms with Gasteiger partial charge in [0.05, 0.1) is 5.69 Å². The Morgan fingerprint density at radius 1 is 0.806 bits per heavy atom. The lowest BCUT2D eigenvalue weighted by atomic mass is 10.0. The van der Waals surface area contributed by atoms with Gasteiger partial charge in [-0.05, 0) is 53.9 Å². The van der Waals surface area contributed by atoms with Crippen molar-refractivity contribution in [1.29, 1.82) is 0 Å². The average molecular weight is 403 g/mol. The highest BCUT2D eigenvalue weighted by atomic mass is 16.1. The fourth-order valence-electron chi connectivity index (χ4n) is 3.70. The highest BCUT2D eigenvalue weighted by Crippen LogP contribution is 2.24. The van der Waals surface area contributed by atoms with E-state index in [9.17, 15) is 4.79 Å². The van der Waals surface area contributed by atoms with E-state index in [0.29, 0.717) is 5.56 Å². The Morgan fingerprint density at radius 3 is 2.32 bits per heavy atom. The zero-order chi connectivity index (χ0) is 21.2. The minimum Gasteiger partial charge on any atom is -0.322 e. The molecule has 0 saturated heterocycles. The third-order valence-corrected chi connectivity index (χ3v) is 5.35. The van der Waals surface area contributed by atoms with Crippen LogP contribution in [0.5, 0.6) is 0 Å². The standard InChI is InChI=1S/C27H21N3O/c1-19-7-6-16-30-18-25(29-26(19)30)23-10-5-11-24(17-23)28-27(31)22-14-12-21(13-15-22)20-8-3-2-4-9-20/h2-18H,1H3,(H,28,31). The number of imidazole rings is 1. The Morgan fingerprint density at radius 2 is 1.55 bits per heavy atom. The lowest BCUT2D eigenvalue weighted by Gasteiger charge is -2.08. The van der Waals surface area contributed by atoms with Crippen molar-refractivity contribution in [1.82, 2.24) is 9.38 Å². The van der Waals surface area contributed by atoms with Gasteiger partial charge in [-0.2, -0.15) is 0 Å². The van der Waals surface area contributed by atoms with Crippen LogP contribution in [0, 0.1) is 6.92 Å². The molecule has 5 rings (SSSR count). The van der Waals surface area contributed by atoms with Crippen LogP contribution in [0.4, 0.5) is 5.69 Å². The molecule has 2 heterocycles. The molecule has 0 aliphatic carbocycles. The summed E-state index contributed by atoms with van der Waals surface area (Å²) in [5, 5.41) is 3.00. The second-order valence-corrected chi connectivity index (χ2v) is 7.53. The van der Waals surface area contributed by atoms with E-state index in [4.69, 9.17) is 4.98 Å². The lowest BCUT2D eigenvalue weighted by Crippen LogP contribution is -2.11. The van der Waals surface area contributed by atoms with E-state index in [-0.39, 0.29) is 5.91 Å². The predicted octanol–water partition coefficient (Wildman–Crippen LogP) is 6.23. The molecule has 1 N–H and O–H groups in total. The Labute approximate surface area is 180 Å². The Balaban J connectivity index is 1.36. The van der Waals surface area contributed by atoms with Crippen molar-refractivity contribution in [3.63, 3.8) is 0 Å². The van der Waals surface area contributed by atoms with E-state index in [1.807, 2.05) is 103 Å². The van der Waals surface area contributed by atoms with Gasteiger partial charge in [-0.3, -0.25) is 4.79 Å². The molecule has 31 heavy (non-hydrogen) atoms. The van der Waals surface area contributed by atoms with Crippen molar-refractivity contribution < 1.29 is 4.79 Å². The molecule has 0 fully saturated rings. The summed E-state index contributed by atoms with van der Waals surface area (Å²) in [6, 6.07) is 29.6. The molecular formula is C27H21N3O. The maximum Gasteiger partial charge on any atom is 0.255 e. The Bertz CT molecular complexity index is 1370. The highest BCUT2D eigenvalue weighted by molar-refractivity contribution is 6.04. The zero-order valence-corrected chi connectivity index (χ0v) is 17.1. The minimum absolute atomic E-state index is 0.136. The molecule has 0 atom stereocenters.